The minimum absolute atomic E-state index is 0.0880. The highest BCUT2D eigenvalue weighted by Crippen LogP contribution is 2.14. The summed E-state index contributed by atoms with van der Waals surface area (Å²) in [5.74, 6) is -0.917. The molecule has 0 aliphatic rings. The van der Waals surface area contributed by atoms with Gasteiger partial charge in [-0.15, -0.1) is 0 Å². The van der Waals surface area contributed by atoms with Crippen LogP contribution in [0.4, 0.5) is 0 Å². The Morgan fingerprint density at radius 2 is 0.631 bits per heavy atom. The second-order valence-corrected chi connectivity index (χ2v) is 17.7. The number of carbonyl (C=O) groups is 3. The van der Waals surface area contributed by atoms with Crippen molar-refractivity contribution in [1.82, 2.24) is 0 Å². The maximum Gasteiger partial charge on any atom is 0.306 e. The molecule has 1 unspecified atom stereocenters. The molecular formula is C59H100O6. The molecule has 6 nitrogen and oxygen atoms in total. The van der Waals surface area contributed by atoms with Crippen molar-refractivity contribution in [1.29, 1.82) is 0 Å². The number of hydrogen-bond donors (Lipinski definition) is 0. The fraction of sp³-hybridized carbons (Fsp3) is 0.712. The Bertz CT molecular complexity index is 1270. The van der Waals surface area contributed by atoms with Crippen molar-refractivity contribution in [3.05, 3.63) is 85.1 Å². The molecule has 0 bridgehead atoms. The molecule has 0 fully saturated rings. The highest BCUT2D eigenvalue weighted by atomic mass is 16.6. The highest BCUT2D eigenvalue weighted by Gasteiger charge is 2.19. The summed E-state index contributed by atoms with van der Waals surface area (Å²) in [4.78, 5) is 38.0. The van der Waals surface area contributed by atoms with Gasteiger partial charge in [-0.25, -0.2) is 0 Å². The molecule has 0 aromatic heterocycles. The number of ether oxygens (including phenoxy) is 3. The van der Waals surface area contributed by atoms with Crippen LogP contribution in [0.1, 0.15) is 252 Å². The van der Waals surface area contributed by atoms with Gasteiger partial charge in [0.25, 0.3) is 0 Å². The third-order valence-electron chi connectivity index (χ3n) is 11.3. The van der Waals surface area contributed by atoms with Crippen LogP contribution in [0.3, 0.4) is 0 Å². The monoisotopic (exact) mass is 905 g/mol. The van der Waals surface area contributed by atoms with E-state index in [1.807, 2.05) is 0 Å². The summed E-state index contributed by atoms with van der Waals surface area (Å²) in [6.07, 6.45) is 68.6. The quantitative estimate of drug-likeness (QED) is 0.0262. The minimum Gasteiger partial charge on any atom is -0.462 e. The average Bonchev–Trinajstić information content (AvgIpc) is 3.30. The lowest BCUT2D eigenvalue weighted by molar-refractivity contribution is -0.167. The molecular weight excluding hydrogens is 805 g/mol. The molecule has 0 aliphatic heterocycles. The number of esters is 3. The SMILES string of the molecule is CC/C=C\C/C=C\C/C=C\C/C=C\C/C=C\CCCCCCCCCC(=O)OCC(COC(=O)CCCCCCC/C=C\CCC)OC(=O)CCCCCCC/C=C\CCCCCCC. The molecule has 0 amide bonds. The summed E-state index contributed by atoms with van der Waals surface area (Å²) in [5, 5.41) is 0. The molecule has 0 radical (unpaired) electrons. The highest BCUT2D eigenvalue weighted by molar-refractivity contribution is 5.71. The van der Waals surface area contributed by atoms with Gasteiger partial charge in [0.1, 0.15) is 13.2 Å². The molecule has 0 aromatic carbocycles. The van der Waals surface area contributed by atoms with E-state index in [-0.39, 0.29) is 31.1 Å². The molecule has 0 N–H and O–H groups in total. The van der Waals surface area contributed by atoms with Crippen molar-refractivity contribution < 1.29 is 28.6 Å². The van der Waals surface area contributed by atoms with Crippen molar-refractivity contribution in [2.45, 2.75) is 258 Å². The Morgan fingerprint density at radius 3 is 1.02 bits per heavy atom. The molecule has 0 rings (SSSR count). The van der Waals surface area contributed by atoms with Crippen LogP contribution in [-0.2, 0) is 28.6 Å². The minimum atomic E-state index is -0.788. The maximum absolute atomic E-state index is 12.8. The Kier molecular flexibility index (Phi) is 50.4. The molecule has 6 heteroatoms. The van der Waals surface area contributed by atoms with Gasteiger partial charge in [-0.05, 0) is 109 Å². The first-order valence-corrected chi connectivity index (χ1v) is 27.1. The number of carbonyl (C=O) groups excluding carboxylic acids is 3. The van der Waals surface area contributed by atoms with Gasteiger partial charge in [-0.2, -0.15) is 0 Å². The largest absolute Gasteiger partial charge is 0.462 e. The molecule has 372 valence electrons. The Labute approximate surface area is 401 Å². The van der Waals surface area contributed by atoms with Crippen LogP contribution in [-0.4, -0.2) is 37.2 Å². The van der Waals surface area contributed by atoms with Crippen LogP contribution in [0.5, 0.6) is 0 Å². The fourth-order valence-electron chi connectivity index (χ4n) is 7.29. The van der Waals surface area contributed by atoms with Gasteiger partial charge in [-0.3, -0.25) is 14.4 Å². The van der Waals surface area contributed by atoms with Crippen LogP contribution < -0.4 is 0 Å². The Morgan fingerprint density at radius 1 is 0.323 bits per heavy atom. The smallest absolute Gasteiger partial charge is 0.306 e. The van der Waals surface area contributed by atoms with E-state index >= 15 is 0 Å². The first kappa shape index (κ1) is 61.6. The predicted octanol–water partition coefficient (Wildman–Crippen LogP) is 18.0. The summed E-state index contributed by atoms with van der Waals surface area (Å²) in [6.45, 7) is 6.43. The van der Waals surface area contributed by atoms with Crippen molar-refractivity contribution in [2.75, 3.05) is 13.2 Å². The van der Waals surface area contributed by atoms with Gasteiger partial charge >= 0.3 is 17.9 Å². The van der Waals surface area contributed by atoms with E-state index in [2.05, 4.69) is 106 Å². The van der Waals surface area contributed by atoms with E-state index in [4.69, 9.17) is 14.2 Å². The Balaban J connectivity index is 4.33. The first-order valence-electron chi connectivity index (χ1n) is 27.1. The summed E-state index contributed by atoms with van der Waals surface area (Å²) < 4.78 is 16.8. The van der Waals surface area contributed by atoms with E-state index in [0.717, 1.165) is 122 Å². The fourth-order valence-corrected chi connectivity index (χ4v) is 7.29. The number of hydrogen-bond acceptors (Lipinski definition) is 6. The maximum atomic E-state index is 12.8. The summed E-state index contributed by atoms with van der Waals surface area (Å²) in [7, 11) is 0. The number of unbranched alkanes of at least 4 members (excludes halogenated alkanes) is 23. The summed E-state index contributed by atoms with van der Waals surface area (Å²) in [5.41, 5.74) is 0. The van der Waals surface area contributed by atoms with Crippen LogP contribution in [0.15, 0.2) is 85.1 Å². The van der Waals surface area contributed by atoms with Crippen LogP contribution >= 0.6 is 0 Å². The predicted molar refractivity (Wildman–Crippen MR) is 279 cm³/mol. The van der Waals surface area contributed by atoms with E-state index < -0.39 is 6.10 Å². The zero-order valence-corrected chi connectivity index (χ0v) is 42.5. The lowest BCUT2D eigenvalue weighted by Crippen LogP contribution is -2.30. The lowest BCUT2D eigenvalue weighted by Gasteiger charge is -2.18. The third-order valence-corrected chi connectivity index (χ3v) is 11.3. The van der Waals surface area contributed by atoms with Crippen molar-refractivity contribution in [3.8, 4) is 0 Å². The molecule has 0 aromatic rings. The van der Waals surface area contributed by atoms with Crippen LogP contribution in [0.25, 0.3) is 0 Å². The normalized spacial score (nSPS) is 12.7. The first-order chi connectivity index (χ1) is 32.0. The summed E-state index contributed by atoms with van der Waals surface area (Å²) in [6, 6.07) is 0. The van der Waals surface area contributed by atoms with Crippen LogP contribution in [0, 0.1) is 0 Å². The summed E-state index contributed by atoms with van der Waals surface area (Å²) >= 11 is 0. The number of rotatable bonds is 48. The zero-order chi connectivity index (χ0) is 47.2. The van der Waals surface area contributed by atoms with Gasteiger partial charge < -0.3 is 14.2 Å². The number of allylic oxidation sites excluding steroid dienone is 14. The van der Waals surface area contributed by atoms with E-state index in [1.165, 1.54) is 89.9 Å². The van der Waals surface area contributed by atoms with E-state index in [9.17, 15) is 14.4 Å². The van der Waals surface area contributed by atoms with Gasteiger partial charge in [0.05, 0.1) is 0 Å². The van der Waals surface area contributed by atoms with Gasteiger partial charge in [-0.1, -0.05) is 209 Å². The molecule has 1 atom stereocenters. The Hall–Kier alpha value is -3.41. The lowest BCUT2D eigenvalue weighted by atomic mass is 10.1. The van der Waals surface area contributed by atoms with E-state index in [1.54, 1.807) is 0 Å². The molecule has 0 heterocycles. The van der Waals surface area contributed by atoms with Gasteiger partial charge in [0, 0.05) is 19.3 Å². The standard InChI is InChI=1S/C59H100O6/c1-4-7-10-13-16-19-22-24-26-27-28-29-30-31-32-33-34-36-37-40-43-46-49-52-58(61)64-55-56(54-63-57(60)51-48-45-42-39-21-18-15-12-9-6-3)65-59(62)53-50-47-44-41-38-35-25-23-20-17-14-11-8-5-2/h7,10,12,15-16,19,23-26,28-29,31-32,56H,4-6,8-9,11,13-14,17-18,20-22,27,30,33-55H2,1-3H3/b10-7-,15-12-,19-16-,25-23-,26-24-,29-28-,32-31-. The molecule has 0 saturated heterocycles. The molecule has 0 aliphatic carbocycles. The van der Waals surface area contributed by atoms with Crippen molar-refractivity contribution in [2.24, 2.45) is 0 Å². The molecule has 0 spiro atoms. The average molecular weight is 905 g/mol. The second kappa shape index (κ2) is 53.2. The van der Waals surface area contributed by atoms with Crippen LogP contribution in [0.2, 0.25) is 0 Å². The van der Waals surface area contributed by atoms with Gasteiger partial charge in [0.2, 0.25) is 0 Å². The van der Waals surface area contributed by atoms with E-state index in [0.29, 0.717) is 19.3 Å². The topological polar surface area (TPSA) is 78.9 Å². The zero-order valence-electron chi connectivity index (χ0n) is 42.5. The van der Waals surface area contributed by atoms with Gasteiger partial charge in [0.15, 0.2) is 6.10 Å². The van der Waals surface area contributed by atoms with Crippen molar-refractivity contribution in [3.63, 3.8) is 0 Å². The molecule has 0 saturated carbocycles. The second-order valence-electron chi connectivity index (χ2n) is 17.7. The van der Waals surface area contributed by atoms with Crippen molar-refractivity contribution >= 4 is 17.9 Å². The third kappa shape index (κ3) is 51.4. The molecule has 65 heavy (non-hydrogen) atoms.